The number of aliphatic carboxylic acids is 2. The van der Waals surface area contributed by atoms with Crippen LogP contribution in [-0.4, -0.2) is 22.2 Å². The summed E-state index contributed by atoms with van der Waals surface area (Å²) in [6, 6.07) is 0. The van der Waals surface area contributed by atoms with Crippen LogP contribution in [0.1, 0.15) is 20.3 Å². The van der Waals surface area contributed by atoms with Gasteiger partial charge in [0.25, 0.3) is 5.97 Å². The van der Waals surface area contributed by atoms with Crippen molar-refractivity contribution < 1.29 is 19.8 Å². The van der Waals surface area contributed by atoms with Crippen LogP contribution in [0.4, 0.5) is 0 Å². The van der Waals surface area contributed by atoms with Crippen LogP contribution < -0.4 is 0 Å². The average Bonchev–Trinajstić information content (AvgIpc) is 1.87. The summed E-state index contributed by atoms with van der Waals surface area (Å²) in [6.45, 7) is 6.28. The van der Waals surface area contributed by atoms with Gasteiger partial charge in [-0.1, -0.05) is 13.0 Å². The average molecular weight is 174 g/mol. The Morgan fingerprint density at radius 1 is 1.50 bits per heavy atom. The zero-order chi connectivity index (χ0) is 10.1. The van der Waals surface area contributed by atoms with Crippen molar-refractivity contribution >= 4 is 11.9 Å². The molecule has 70 valence electrons. The largest absolute Gasteiger partial charge is 0.481 e. The topological polar surface area (TPSA) is 74.6 Å². The van der Waals surface area contributed by atoms with E-state index < -0.39 is 11.9 Å². The van der Waals surface area contributed by atoms with Gasteiger partial charge in [-0.2, -0.15) is 0 Å². The second-order valence-corrected chi connectivity index (χ2v) is 2.11. The molecule has 0 bridgehead atoms. The predicted molar refractivity (Wildman–Crippen MR) is 44.9 cm³/mol. The van der Waals surface area contributed by atoms with E-state index in [1.165, 1.54) is 6.08 Å². The first-order valence-corrected chi connectivity index (χ1v) is 3.50. The van der Waals surface area contributed by atoms with E-state index in [0.717, 1.165) is 6.92 Å². The minimum absolute atomic E-state index is 0.366. The van der Waals surface area contributed by atoms with Crippen molar-refractivity contribution in [3.05, 3.63) is 12.7 Å². The summed E-state index contributed by atoms with van der Waals surface area (Å²) >= 11 is 0. The van der Waals surface area contributed by atoms with Crippen LogP contribution in [0.2, 0.25) is 0 Å². The Balaban J connectivity index is 0. The van der Waals surface area contributed by atoms with Gasteiger partial charge in [0.15, 0.2) is 0 Å². The molecule has 0 spiro atoms. The zero-order valence-electron chi connectivity index (χ0n) is 7.28. The van der Waals surface area contributed by atoms with Crippen molar-refractivity contribution in [2.75, 3.05) is 0 Å². The Hall–Kier alpha value is -1.32. The van der Waals surface area contributed by atoms with Gasteiger partial charge in [-0.05, 0) is 6.42 Å². The molecule has 0 aliphatic rings. The quantitative estimate of drug-likeness (QED) is 0.634. The second-order valence-electron chi connectivity index (χ2n) is 2.11. The lowest BCUT2D eigenvalue weighted by atomic mass is 10.1. The molecule has 2 N–H and O–H groups in total. The zero-order valence-corrected chi connectivity index (χ0v) is 7.28. The van der Waals surface area contributed by atoms with Crippen molar-refractivity contribution in [1.82, 2.24) is 0 Å². The fraction of sp³-hybridized carbons (Fsp3) is 0.500. The molecular weight excluding hydrogens is 160 g/mol. The van der Waals surface area contributed by atoms with Crippen molar-refractivity contribution in [1.29, 1.82) is 0 Å². The van der Waals surface area contributed by atoms with Crippen molar-refractivity contribution in [3.8, 4) is 0 Å². The molecule has 4 nitrogen and oxygen atoms in total. The lowest BCUT2D eigenvalue weighted by Gasteiger charge is -1.98. The Kier molecular flexibility index (Phi) is 8.62. The van der Waals surface area contributed by atoms with Gasteiger partial charge in [0, 0.05) is 6.92 Å². The highest BCUT2D eigenvalue weighted by atomic mass is 16.4. The summed E-state index contributed by atoms with van der Waals surface area (Å²) in [5.41, 5.74) is 0. The molecule has 0 aliphatic carbocycles. The molecule has 1 atom stereocenters. The van der Waals surface area contributed by atoms with Gasteiger partial charge in [-0.25, -0.2) is 0 Å². The molecule has 0 aromatic carbocycles. The van der Waals surface area contributed by atoms with Gasteiger partial charge in [-0.15, -0.1) is 6.58 Å². The second kappa shape index (κ2) is 7.78. The fourth-order valence-electron chi connectivity index (χ4n) is 0.442. The molecule has 0 aliphatic heterocycles. The smallest absolute Gasteiger partial charge is 0.310 e. The van der Waals surface area contributed by atoms with E-state index in [2.05, 4.69) is 6.58 Å². The van der Waals surface area contributed by atoms with Gasteiger partial charge in [0.2, 0.25) is 0 Å². The number of carboxylic acid groups (broad SMARTS) is 2. The number of rotatable bonds is 3. The van der Waals surface area contributed by atoms with Gasteiger partial charge < -0.3 is 10.2 Å². The number of carboxylic acids is 2. The third-order valence-electron chi connectivity index (χ3n) is 1.04. The highest BCUT2D eigenvalue weighted by Crippen LogP contribution is 2.01. The number of hydrogen-bond acceptors (Lipinski definition) is 2. The lowest BCUT2D eigenvalue weighted by molar-refractivity contribution is -0.140. The molecule has 0 aromatic heterocycles. The highest BCUT2D eigenvalue weighted by Gasteiger charge is 2.07. The third-order valence-corrected chi connectivity index (χ3v) is 1.04. The van der Waals surface area contributed by atoms with E-state index >= 15 is 0 Å². The van der Waals surface area contributed by atoms with E-state index in [1.54, 1.807) is 0 Å². The summed E-state index contributed by atoms with van der Waals surface area (Å²) in [5.74, 6) is -1.99. The monoisotopic (exact) mass is 174 g/mol. The summed E-state index contributed by atoms with van der Waals surface area (Å²) in [4.78, 5) is 19.1. The summed E-state index contributed by atoms with van der Waals surface area (Å²) in [6.07, 6.45) is 2.07. The van der Waals surface area contributed by atoms with E-state index in [-0.39, 0.29) is 5.92 Å². The molecule has 1 unspecified atom stereocenters. The summed E-state index contributed by atoms with van der Waals surface area (Å²) in [5, 5.41) is 15.7. The maximum Gasteiger partial charge on any atom is 0.310 e. The van der Waals surface area contributed by atoms with E-state index in [4.69, 9.17) is 15.0 Å². The normalized spacial score (nSPS) is 10.5. The van der Waals surface area contributed by atoms with E-state index in [9.17, 15) is 4.79 Å². The minimum Gasteiger partial charge on any atom is -0.481 e. The molecular formula is C8H14O4. The van der Waals surface area contributed by atoms with Crippen molar-refractivity contribution in [3.63, 3.8) is 0 Å². The van der Waals surface area contributed by atoms with Crippen LogP contribution in [0, 0.1) is 5.92 Å². The first-order chi connectivity index (χ1) is 5.45. The molecule has 0 fully saturated rings. The van der Waals surface area contributed by atoms with Crippen LogP contribution in [0.15, 0.2) is 12.7 Å². The maximum absolute atomic E-state index is 10.1. The minimum atomic E-state index is -0.833. The van der Waals surface area contributed by atoms with E-state index in [0.29, 0.717) is 6.42 Å². The molecule has 0 saturated heterocycles. The SMILES string of the molecule is C=CC(CC)C(=O)O.CC(=O)O. The van der Waals surface area contributed by atoms with Crippen LogP contribution >= 0.6 is 0 Å². The van der Waals surface area contributed by atoms with Gasteiger partial charge >= 0.3 is 5.97 Å². The molecule has 0 aromatic rings. The van der Waals surface area contributed by atoms with Gasteiger partial charge in [0.1, 0.15) is 0 Å². The highest BCUT2D eigenvalue weighted by molar-refractivity contribution is 5.71. The van der Waals surface area contributed by atoms with Crippen molar-refractivity contribution in [2.45, 2.75) is 20.3 Å². The Morgan fingerprint density at radius 2 is 1.83 bits per heavy atom. The first kappa shape index (κ1) is 13.3. The van der Waals surface area contributed by atoms with Crippen LogP contribution in [0.25, 0.3) is 0 Å². The summed E-state index contributed by atoms with van der Waals surface area (Å²) < 4.78 is 0. The molecule has 0 rings (SSSR count). The molecule has 0 radical (unpaired) electrons. The lowest BCUT2D eigenvalue weighted by Crippen LogP contribution is -2.08. The Labute approximate surface area is 71.5 Å². The first-order valence-electron chi connectivity index (χ1n) is 3.50. The van der Waals surface area contributed by atoms with Gasteiger partial charge in [0.05, 0.1) is 5.92 Å². The molecule has 12 heavy (non-hydrogen) atoms. The third kappa shape index (κ3) is 11.5. The molecule has 0 heterocycles. The standard InChI is InChI=1S/C6H10O2.C2H4O2/c1-3-5(4-2)6(7)8;1-2(3)4/h3,5H,1,4H2,2H3,(H,7,8);1H3,(H,3,4). The molecule has 0 amide bonds. The Morgan fingerprint density at radius 3 is 1.83 bits per heavy atom. The molecule has 4 heteroatoms. The van der Waals surface area contributed by atoms with Crippen LogP contribution in [-0.2, 0) is 9.59 Å². The number of carbonyl (C=O) groups is 2. The van der Waals surface area contributed by atoms with Crippen LogP contribution in [0.5, 0.6) is 0 Å². The van der Waals surface area contributed by atoms with Gasteiger partial charge in [-0.3, -0.25) is 9.59 Å². The maximum atomic E-state index is 10.1. The number of hydrogen-bond donors (Lipinski definition) is 2. The van der Waals surface area contributed by atoms with E-state index in [1.807, 2.05) is 6.92 Å². The fourth-order valence-corrected chi connectivity index (χ4v) is 0.442. The Bertz CT molecular complexity index is 158. The van der Waals surface area contributed by atoms with Crippen molar-refractivity contribution in [2.24, 2.45) is 5.92 Å². The van der Waals surface area contributed by atoms with Crippen LogP contribution in [0.3, 0.4) is 0 Å². The molecule has 0 saturated carbocycles. The predicted octanol–water partition coefficient (Wildman–Crippen LogP) is 1.37. The summed E-state index contributed by atoms with van der Waals surface area (Å²) in [7, 11) is 0.